The van der Waals surface area contributed by atoms with E-state index in [0.717, 1.165) is 5.56 Å². The number of hydrogen-bond acceptors (Lipinski definition) is 3. The molecule has 136 valence electrons. The van der Waals surface area contributed by atoms with Crippen LogP contribution in [0.1, 0.15) is 29.8 Å². The topological polar surface area (TPSA) is 65.5 Å². The van der Waals surface area contributed by atoms with Gasteiger partial charge in [-0.1, -0.05) is 24.6 Å². The van der Waals surface area contributed by atoms with Crippen LogP contribution in [-0.2, 0) is 6.42 Å². The number of amides is 3. The van der Waals surface area contributed by atoms with Crippen molar-refractivity contribution in [2.45, 2.75) is 26.3 Å². The Morgan fingerprint density at radius 2 is 2.15 bits per heavy atom. The first-order valence-electron chi connectivity index (χ1n) is 8.54. The normalized spacial score (nSPS) is 16.9. The maximum atomic E-state index is 13.1. The van der Waals surface area contributed by atoms with Gasteiger partial charge in [-0.15, -0.1) is 0 Å². The second-order valence-corrected chi connectivity index (χ2v) is 6.60. The minimum atomic E-state index is -0.187. The summed E-state index contributed by atoms with van der Waals surface area (Å²) in [7, 11) is 1.58. The lowest BCUT2D eigenvalue weighted by Crippen LogP contribution is -2.34. The molecule has 1 aliphatic rings. The fourth-order valence-corrected chi connectivity index (χ4v) is 3.52. The van der Waals surface area contributed by atoms with E-state index in [1.807, 2.05) is 19.9 Å². The summed E-state index contributed by atoms with van der Waals surface area (Å²) in [4.78, 5) is 32.8. The summed E-state index contributed by atoms with van der Waals surface area (Å²) >= 11 is 6.28. The van der Waals surface area contributed by atoms with Crippen LogP contribution in [0.15, 0.2) is 36.5 Å². The predicted octanol–water partition coefficient (Wildman–Crippen LogP) is 3.49. The number of urea groups is 1. The fraction of sp³-hybridized carbons (Fsp3) is 0.316. The number of nitrogens with one attached hydrogen (secondary N) is 1. The number of benzene rings is 1. The van der Waals surface area contributed by atoms with Gasteiger partial charge in [-0.25, -0.2) is 9.78 Å². The Labute approximate surface area is 157 Å². The molecule has 6 nitrogen and oxygen atoms in total. The molecular weight excluding hydrogens is 352 g/mol. The van der Waals surface area contributed by atoms with Crippen LogP contribution < -0.4 is 15.1 Å². The third-order valence-corrected chi connectivity index (χ3v) is 4.88. The number of hydrogen-bond donors (Lipinski definition) is 1. The number of pyridine rings is 1. The van der Waals surface area contributed by atoms with Gasteiger partial charge in [0.15, 0.2) is 0 Å². The van der Waals surface area contributed by atoms with Gasteiger partial charge in [-0.3, -0.25) is 14.6 Å². The smallest absolute Gasteiger partial charge is 0.330 e. The van der Waals surface area contributed by atoms with Gasteiger partial charge < -0.3 is 5.32 Å². The van der Waals surface area contributed by atoms with E-state index in [2.05, 4.69) is 10.3 Å². The highest BCUT2D eigenvalue weighted by atomic mass is 35.5. The lowest BCUT2D eigenvalue weighted by molar-refractivity contribution is 0.0963. The van der Waals surface area contributed by atoms with E-state index in [0.29, 0.717) is 35.1 Å². The first kappa shape index (κ1) is 18.2. The molecule has 1 atom stereocenters. The summed E-state index contributed by atoms with van der Waals surface area (Å²) in [5.74, 6) is 0.412. The zero-order chi connectivity index (χ0) is 18.8. The van der Waals surface area contributed by atoms with E-state index in [4.69, 9.17) is 11.6 Å². The number of carbonyl (C=O) groups excluding carboxylic acids is 2. The molecule has 2 aromatic rings. The molecule has 26 heavy (non-hydrogen) atoms. The van der Waals surface area contributed by atoms with E-state index in [9.17, 15) is 9.59 Å². The standard InChI is InChI=1S/C19H21ClN4O2/c1-4-15-16(20)8-9-22-17(15)23-11-12(2)24(19(23)26)14-7-5-6-13(10-14)18(25)21-3/h5-10,12H,4,11H2,1-3H3,(H,21,25). The van der Waals surface area contributed by atoms with Crippen molar-refractivity contribution in [1.82, 2.24) is 10.3 Å². The van der Waals surface area contributed by atoms with Crippen LogP contribution in [0.25, 0.3) is 0 Å². The molecule has 0 spiro atoms. The van der Waals surface area contributed by atoms with Crippen molar-refractivity contribution >= 4 is 35.0 Å². The molecule has 3 amide bonds. The Kier molecular flexibility index (Phi) is 5.13. The molecule has 1 aromatic heterocycles. The third kappa shape index (κ3) is 3.12. The van der Waals surface area contributed by atoms with Gasteiger partial charge in [-0.05, 0) is 37.6 Å². The summed E-state index contributed by atoms with van der Waals surface area (Å²) in [6.45, 7) is 4.46. The molecule has 0 saturated carbocycles. The van der Waals surface area contributed by atoms with E-state index < -0.39 is 0 Å². The molecule has 1 aromatic carbocycles. The van der Waals surface area contributed by atoms with Crippen LogP contribution in [0.4, 0.5) is 16.3 Å². The molecular formula is C19H21ClN4O2. The summed E-state index contributed by atoms with van der Waals surface area (Å²) in [5, 5.41) is 3.21. The second kappa shape index (κ2) is 7.33. The Morgan fingerprint density at radius 1 is 1.38 bits per heavy atom. The molecule has 1 aliphatic heterocycles. The van der Waals surface area contributed by atoms with Crippen molar-refractivity contribution < 1.29 is 9.59 Å². The molecule has 1 N–H and O–H groups in total. The van der Waals surface area contributed by atoms with Crippen molar-refractivity contribution in [3.63, 3.8) is 0 Å². The first-order valence-corrected chi connectivity index (χ1v) is 8.92. The molecule has 0 bridgehead atoms. The van der Waals surface area contributed by atoms with Crippen LogP contribution in [0.2, 0.25) is 5.02 Å². The number of carbonyl (C=O) groups is 2. The molecule has 3 rings (SSSR count). The van der Waals surface area contributed by atoms with Gasteiger partial charge in [0.1, 0.15) is 5.82 Å². The summed E-state index contributed by atoms with van der Waals surface area (Å²) in [5.41, 5.74) is 2.06. The molecule has 0 radical (unpaired) electrons. The number of rotatable bonds is 4. The van der Waals surface area contributed by atoms with E-state index in [1.165, 1.54) is 0 Å². The quantitative estimate of drug-likeness (QED) is 0.893. The molecule has 0 aliphatic carbocycles. The SMILES string of the molecule is CCc1c(Cl)ccnc1N1CC(C)N(c2cccc(C(=O)NC)c2)C1=O. The van der Waals surface area contributed by atoms with Crippen molar-refractivity contribution in [3.8, 4) is 0 Å². The van der Waals surface area contributed by atoms with Crippen LogP contribution in [0.3, 0.4) is 0 Å². The summed E-state index contributed by atoms with van der Waals surface area (Å²) < 4.78 is 0. The monoisotopic (exact) mass is 372 g/mol. The van der Waals surface area contributed by atoms with Crippen LogP contribution in [0.5, 0.6) is 0 Å². The van der Waals surface area contributed by atoms with Crippen molar-refractivity contribution in [3.05, 3.63) is 52.7 Å². The number of aromatic nitrogens is 1. The number of anilines is 2. The highest BCUT2D eigenvalue weighted by Gasteiger charge is 2.38. The zero-order valence-corrected chi connectivity index (χ0v) is 15.7. The van der Waals surface area contributed by atoms with Gasteiger partial charge in [-0.2, -0.15) is 0 Å². The van der Waals surface area contributed by atoms with Crippen LogP contribution in [-0.4, -0.2) is 36.6 Å². The Balaban J connectivity index is 1.97. The second-order valence-electron chi connectivity index (χ2n) is 6.19. The first-order chi connectivity index (χ1) is 12.5. The Bertz CT molecular complexity index is 855. The molecule has 2 heterocycles. The maximum Gasteiger partial charge on any atom is 0.330 e. The highest BCUT2D eigenvalue weighted by molar-refractivity contribution is 6.31. The fourth-order valence-electron chi connectivity index (χ4n) is 3.24. The van der Waals surface area contributed by atoms with E-state index in [1.54, 1.807) is 47.3 Å². The maximum absolute atomic E-state index is 13.1. The lowest BCUT2D eigenvalue weighted by Gasteiger charge is -2.22. The van der Waals surface area contributed by atoms with E-state index >= 15 is 0 Å². The number of nitrogens with zero attached hydrogens (tertiary/aromatic N) is 3. The van der Waals surface area contributed by atoms with Crippen LogP contribution in [0, 0.1) is 0 Å². The Morgan fingerprint density at radius 3 is 2.85 bits per heavy atom. The largest absolute Gasteiger partial charge is 0.355 e. The van der Waals surface area contributed by atoms with Gasteiger partial charge in [0.05, 0.1) is 6.04 Å². The molecule has 7 heteroatoms. The average molecular weight is 373 g/mol. The molecule has 1 unspecified atom stereocenters. The Hall–Kier alpha value is -2.60. The summed E-state index contributed by atoms with van der Waals surface area (Å²) in [6, 6.07) is 8.55. The summed E-state index contributed by atoms with van der Waals surface area (Å²) in [6.07, 6.45) is 2.30. The predicted molar refractivity (Wildman–Crippen MR) is 103 cm³/mol. The van der Waals surface area contributed by atoms with Crippen LogP contribution >= 0.6 is 11.6 Å². The number of halogens is 1. The minimum absolute atomic E-state index is 0.0621. The molecule has 1 saturated heterocycles. The van der Waals surface area contributed by atoms with E-state index in [-0.39, 0.29) is 18.0 Å². The average Bonchev–Trinajstić information content (AvgIpc) is 2.95. The lowest BCUT2D eigenvalue weighted by atomic mass is 10.1. The van der Waals surface area contributed by atoms with Crippen molar-refractivity contribution in [2.24, 2.45) is 0 Å². The minimum Gasteiger partial charge on any atom is -0.355 e. The third-order valence-electron chi connectivity index (χ3n) is 4.52. The highest BCUT2D eigenvalue weighted by Crippen LogP contribution is 2.32. The van der Waals surface area contributed by atoms with Gasteiger partial charge in [0.25, 0.3) is 5.91 Å². The van der Waals surface area contributed by atoms with Gasteiger partial charge in [0.2, 0.25) is 0 Å². The van der Waals surface area contributed by atoms with Crippen molar-refractivity contribution in [2.75, 3.05) is 23.4 Å². The van der Waals surface area contributed by atoms with Gasteiger partial charge >= 0.3 is 6.03 Å². The molecule has 1 fully saturated rings. The zero-order valence-electron chi connectivity index (χ0n) is 15.0. The van der Waals surface area contributed by atoms with Crippen molar-refractivity contribution in [1.29, 1.82) is 0 Å². The van der Waals surface area contributed by atoms with Gasteiger partial charge in [0, 0.05) is 41.6 Å².